The summed E-state index contributed by atoms with van der Waals surface area (Å²) in [4.78, 5) is 12.9. The third-order valence-electron chi connectivity index (χ3n) is 3.56. The second-order valence-electron chi connectivity index (χ2n) is 5.17. The minimum Gasteiger partial charge on any atom is -0.481 e. The second kappa shape index (κ2) is 7.38. The van der Waals surface area contributed by atoms with Gasteiger partial charge in [-0.3, -0.25) is 9.69 Å². The Hall–Kier alpha value is -1.43. The number of nitrogens with zero attached hydrogens (tertiary/aromatic N) is 1. The van der Waals surface area contributed by atoms with E-state index in [0.29, 0.717) is 6.42 Å². The van der Waals surface area contributed by atoms with E-state index < -0.39 is 5.97 Å². The lowest BCUT2D eigenvalue weighted by Crippen LogP contribution is -2.35. The number of morpholine rings is 1. The molecule has 1 saturated heterocycles. The van der Waals surface area contributed by atoms with Crippen molar-refractivity contribution in [3.8, 4) is 0 Å². The van der Waals surface area contributed by atoms with Crippen LogP contribution < -0.4 is 5.73 Å². The molecule has 1 aromatic rings. The first-order valence-electron chi connectivity index (χ1n) is 7.01. The van der Waals surface area contributed by atoms with Gasteiger partial charge in [0.05, 0.1) is 13.2 Å². The van der Waals surface area contributed by atoms with Gasteiger partial charge in [-0.1, -0.05) is 24.3 Å². The van der Waals surface area contributed by atoms with Crippen molar-refractivity contribution in [2.75, 3.05) is 26.3 Å². The third-order valence-corrected chi connectivity index (χ3v) is 3.56. The Morgan fingerprint density at radius 2 is 2.15 bits per heavy atom. The van der Waals surface area contributed by atoms with Crippen molar-refractivity contribution in [1.82, 2.24) is 4.90 Å². The molecule has 1 aliphatic rings. The van der Waals surface area contributed by atoms with Gasteiger partial charge >= 0.3 is 5.97 Å². The molecule has 1 aromatic carbocycles. The van der Waals surface area contributed by atoms with Crippen LogP contribution in [-0.2, 0) is 16.1 Å². The van der Waals surface area contributed by atoms with Crippen molar-refractivity contribution in [3.05, 3.63) is 35.4 Å². The molecule has 1 aliphatic heterocycles. The quantitative estimate of drug-likeness (QED) is 0.822. The van der Waals surface area contributed by atoms with E-state index in [0.717, 1.165) is 38.4 Å². The van der Waals surface area contributed by atoms with Crippen LogP contribution in [0.1, 0.15) is 30.0 Å². The van der Waals surface area contributed by atoms with Crippen LogP contribution >= 0.6 is 0 Å². The van der Waals surface area contributed by atoms with E-state index in [1.807, 2.05) is 12.1 Å². The van der Waals surface area contributed by atoms with Crippen LogP contribution in [0.5, 0.6) is 0 Å². The van der Waals surface area contributed by atoms with Gasteiger partial charge in [-0.05, 0) is 17.5 Å². The SMILES string of the molecule is NC(CCC(=O)O)c1cccc(CN2CCOCC2)c1. The van der Waals surface area contributed by atoms with E-state index in [2.05, 4.69) is 17.0 Å². The minimum absolute atomic E-state index is 0.106. The summed E-state index contributed by atoms with van der Waals surface area (Å²) in [5, 5.41) is 8.71. The van der Waals surface area contributed by atoms with Crippen molar-refractivity contribution in [2.45, 2.75) is 25.4 Å². The lowest BCUT2D eigenvalue weighted by molar-refractivity contribution is -0.137. The fraction of sp³-hybridized carbons (Fsp3) is 0.533. The Kier molecular flexibility index (Phi) is 5.52. The molecule has 1 unspecified atom stereocenters. The molecule has 0 bridgehead atoms. The molecule has 20 heavy (non-hydrogen) atoms. The van der Waals surface area contributed by atoms with Gasteiger partial charge in [0.1, 0.15) is 0 Å². The molecule has 0 spiro atoms. The number of nitrogens with two attached hydrogens (primary N) is 1. The van der Waals surface area contributed by atoms with Gasteiger partial charge in [0.15, 0.2) is 0 Å². The van der Waals surface area contributed by atoms with Crippen LogP contribution in [-0.4, -0.2) is 42.3 Å². The molecule has 0 aromatic heterocycles. The van der Waals surface area contributed by atoms with Gasteiger partial charge in [-0.2, -0.15) is 0 Å². The van der Waals surface area contributed by atoms with Crippen LogP contribution in [0, 0.1) is 0 Å². The Balaban J connectivity index is 1.94. The smallest absolute Gasteiger partial charge is 0.303 e. The number of ether oxygens (including phenoxy) is 1. The normalized spacial score (nSPS) is 17.9. The summed E-state index contributed by atoms with van der Waals surface area (Å²) in [5.41, 5.74) is 8.28. The van der Waals surface area contributed by atoms with Gasteiger partial charge in [0.25, 0.3) is 0 Å². The van der Waals surface area contributed by atoms with Gasteiger partial charge < -0.3 is 15.6 Å². The zero-order chi connectivity index (χ0) is 14.4. The zero-order valence-electron chi connectivity index (χ0n) is 11.6. The van der Waals surface area contributed by atoms with E-state index >= 15 is 0 Å². The predicted molar refractivity (Wildman–Crippen MR) is 76.3 cm³/mol. The van der Waals surface area contributed by atoms with Crippen LogP contribution in [0.15, 0.2) is 24.3 Å². The second-order valence-corrected chi connectivity index (χ2v) is 5.17. The molecule has 1 heterocycles. The number of carboxylic acid groups (broad SMARTS) is 1. The lowest BCUT2D eigenvalue weighted by Gasteiger charge is -2.26. The average molecular weight is 278 g/mol. The highest BCUT2D eigenvalue weighted by Crippen LogP contribution is 2.18. The highest BCUT2D eigenvalue weighted by molar-refractivity contribution is 5.66. The number of hydrogen-bond donors (Lipinski definition) is 2. The largest absolute Gasteiger partial charge is 0.481 e. The van der Waals surface area contributed by atoms with Gasteiger partial charge in [0, 0.05) is 32.1 Å². The van der Waals surface area contributed by atoms with Crippen LogP contribution in [0.3, 0.4) is 0 Å². The van der Waals surface area contributed by atoms with Crippen LogP contribution in [0.2, 0.25) is 0 Å². The van der Waals surface area contributed by atoms with E-state index in [1.54, 1.807) is 0 Å². The molecule has 0 saturated carbocycles. The number of hydrogen-bond acceptors (Lipinski definition) is 4. The van der Waals surface area contributed by atoms with Crippen molar-refractivity contribution in [2.24, 2.45) is 5.73 Å². The number of benzene rings is 1. The van der Waals surface area contributed by atoms with E-state index in [9.17, 15) is 4.79 Å². The Labute approximate surface area is 119 Å². The maximum atomic E-state index is 10.6. The number of carboxylic acids is 1. The summed E-state index contributed by atoms with van der Waals surface area (Å²) in [5.74, 6) is -0.801. The van der Waals surface area contributed by atoms with E-state index in [-0.39, 0.29) is 12.5 Å². The van der Waals surface area contributed by atoms with E-state index in [4.69, 9.17) is 15.6 Å². The Bertz CT molecular complexity index is 444. The fourth-order valence-corrected chi connectivity index (χ4v) is 2.39. The fourth-order valence-electron chi connectivity index (χ4n) is 2.39. The molecular formula is C15H22N2O3. The predicted octanol–water partition coefficient (Wildman–Crippen LogP) is 1.38. The zero-order valence-corrected chi connectivity index (χ0v) is 11.6. The molecule has 0 amide bonds. The summed E-state index contributed by atoms with van der Waals surface area (Å²) in [6.45, 7) is 4.38. The van der Waals surface area contributed by atoms with Crippen molar-refractivity contribution in [3.63, 3.8) is 0 Å². The monoisotopic (exact) mass is 278 g/mol. The number of rotatable bonds is 6. The first-order valence-corrected chi connectivity index (χ1v) is 7.01. The molecular weight excluding hydrogens is 256 g/mol. The lowest BCUT2D eigenvalue weighted by atomic mass is 10.0. The maximum Gasteiger partial charge on any atom is 0.303 e. The summed E-state index contributed by atoms with van der Waals surface area (Å²) < 4.78 is 5.34. The molecule has 5 heteroatoms. The third kappa shape index (κ3) is 4.59. The van der Waals surface area contributed by atoms with Gasteiger partial charge in [-0.25, -0.2) is 0 Å². The standard InChI is InChI=1S/C15H22N2O3/c16-14(4-5-15(18)19)13-3-1-2-12(10-13)11-17-6-8-20-9-7-17/h1-3,10,14H,4-9,11,16H2,(H,18,19). The van der Waals surface area contributed by atoms with Gasteiger partial charge in [0.2, 0.25) is 0 Å². The first kappa shape index (κ1) is 15.0. The summed E-state index contributed by atoms with van der Waals surface area (Å²) in [7, 11) is 0. The molecule has 1 fully saturated rings. The Morgan fingerprint density at radius 1 is 1.40 bits per heavy atom. The number of carbonyl (C=O) groups is 1. The summed E-state index contributed by atoms with van der Waals surface area (Å²) in [6, 6.07) is 7.92. The molecule has 5 nitrogen and oxygen atoms in total. The minimum atomic E-state index is -0.801. The molecule has 0 aliphatic carbocycles. The first-order chi connectivity index (χ1) is 9.65. The molecule has 0 radical (unpaired) electrons. The summed E-state index contributed by atoms with van der Waals surface area (Å²) in [6.07, 6.45) is 0.575. The van der Waals surface area contributed by atoms with Gasteiger partial charge in [-0.15, -0.1) is 0 Å². The number of aliphatic carboxylic acids is 1. The molecule has 1 atom stereocenters. The summed E-state index contributed by atoms with van der Waals surface area (Å²) >= 11 is 0. The van der Waals surface area contributed by atoms with Crippen LogP contribution in [0.25, 0.3) is 0 Å². The van der Waals surface area contributed by atoms with Crippen molar-refractivity contribution in [1.29, 1.82) is 0 Å². The highest BCUT2D eigenvalue weighted by atomic mass is 16.5. The highest BCUT2D eigenvalue weighted by Gasteiger charge is 2.12. The average Bonchev–Trinajstić information content (AvgIpc) is 2.46. The Morgan fingerprint density at radius 3 is 2.85 bits per heavy atom. The van der Waals surface area contributed by atoms with Crippen molar-refractivity contribution < 1.29 is 14.6 Å². The molecule has 110 valence electrons. The van der Waals surface area contributed by atoms with E-state index in [1.165, 1.54) is 5.56 Å². The van der Waals surface area contributed by atoms with Crippen LogP contribution in [0.4, 0.5) is 0 Å². The maximum absolute atomic E-state index is 10.6. The topological polar surface area (TPSA) is 75.8 Å². The molecule has 3 N–H and O–H groups in total. The molecule has 2 rings (SSSR count). The van der Waals surface area contributed by atoms with Crippen molar-refractivity contribution >= 4 is 5.97 Å².